The maximum atomic E-state index is 12.1. The van der Waals surface area contributed by atoms with Crippen molar-refractivity contribution >= 4 is 28.5 Å². The highest BCUT2D eigenvalue weighted by atomic mass is 35.5. The van der Waals surface area contributed by atoms with E-state index in [2.05, 4.69) is 10.3 Å². The van der Waals surface area contributed by atoms with Gasteiger partial charge in [0.05, 0.1) is 6.04 Å². The molecule has 0 saturated carbocycles. The number of benzene rings is 1. The molecule has 4 nitrogen and oxygen atoms in total. The first kappa shape index (κ1) is 14.1. The van der Waals surface area contributed by atoms with Crippen molar-refractivity contribution in [2.24, 2.45) is 0 Å². The molecule has 6 heteroatoms. The van der Waals surface area contributed by atoms with Crippen molar-refractivity contribution in [2.75, 3.05) is 5.75 Å². The molecule has 0 aliphatic carbocycles. The third-order valence-corrected chi connectivity index (χ3v) is 3.77. The second-order valence-electron chi connectivity index (χ2n) is 3.98. The summed E-state index contributed by atoms with van der Waals surface area (Å²) in [6.45, 7) is 3.89. The van der Waals surface area contributed by atoms with E-state index in [4.69, 9.17) is 11.6 Å². The van der Waals surface area contributed by atoms with E-state index >= 15 is 0 Å². The van der Waals surface area contributed by atoms with E-state index in [1.165, 1.54) is 11.8 Å². The minimum atomic E-state index is -0.0970. The van der Waals surface area contributed by atoms with Gasteiger partial charge in [0.15, 0.2) is 10.8 Å². The van der Waals surface area contributed by atoms with Gasteiger partial charge in [0.25, 0.3) is 0 Å². The smallest absolute Gasteiger partial charge is 0.240 e. The normalized spacial score (nSPS) is 12.4. The van der Waals surface area contributed by atoms with Crippen molar-refractivity contribution in [3.8, 4) is 0 Å². The van der Waals surface area contributed by atoms with E-state index < -0.39 is 0 Å². The lowest BCUT2D eigenvalue weighted by Crippen LogP contribution is -2.14. The predicted molar refractivity (Wildman–Crippen MR) is 77.7 cm³/mol. The number of halogens is 1. The molecule has 0 amide bonds. The molecule has 1 aromatic carbocycles. The van der Waals surface area contributed by atoms with Crippen LogP contribution in [0.15, 0.2) is 30.3 Å². The van der Waals surface area contributed by atoms with E-state index in [9.17, 15) is 4.79 Å². The first-order valence-corrected chi connectivity index (χ1v) is 7.34. The highest BCUT2D eigenvalue weighted by molar-refractivity contribution is 8.14. The fraction of sp³-hybridized carbons (Fsp3) is 0.308. The van der Waals surface area contributed by atoms with Gasteiger partial charge in [-0.1, -0.05) is 65.8 Å². The van der Waals surface area contributed by atoms with Crippen LogP contribution in [0.2, 0.25) is 5.15 Å². The molecule has 2 rings (SSSR count). The molecular weight excluding hydrogens is 282 g/mol. The lowest BCUT2D eigenvalue weighted by atomic mass is 10.1. The standard InChI is InChI=1S/C13H14ClN3OS/c1-3-19-13(18)11-12(14)15-16-17(11)9(2)10-7-5-4-6-8-10/h4-9H,3H2,1-2H3/t9-/m1/s1. The molecular formula is C13H14ClN3OS. The van der Waals surface area contributed by atoms with Crippen molar-refractivity contribution in [3.63, 3.8) is 0 Å². The van der Waals surface area contributed by atoms with Crippen LogP contribution in [0.3, 0.4) is 0 Å². The summed E-state index contributed by atoms with van der Waals surface area (Å²) in [6.07, 6.45) is 0. The van der Waals surface area contributed by atoms with Crippen molar-refractivity contribution in [1.82, 2.24) is 15.0 Å². The third-order valence-electron chi connectivity index (χ3n) is 2.77. The van der Waals surface area contributed by atoms with Crippen molar-refractivity contribution in [2.45, 2.75) is 19.9 Å². The number of nitrogens with zero attached hydrogens (tertiary/aromatic N) is 3. The Kier molecular flexibility index (Phi) is 4.61. The summed E-state index contributed by atoms with van der Waals surface area (Å²) in [5.41, 5.74) is 1.42. The highest BCUT2D eigenvalue weighted by Gasteiger charge is 2.22. The van der Waals surface area contributed by atoms with Crippen LogP contribution >= 0.6 is 23.4 Å². The summed E-state index contributed by atoms with van der Waals surface area (Å²) in [5, 5.41) is 7.87. The van der Waals surface area contributed by atoms with Crippen molar-refractivity contribution in [1.29, 1.82) is 0 Å². The van der Waals surface area contributed by atoms with E-state index in [-0.39, 0.29) is 16.3 Å². The summed E-state index contributed by atoms with van der Waals surface area (Å²) in [4.78, 5) is 12.1. The molecule has 0 aliphatic heterocycles. The van der Waals surface area contributed by atoms with Gasteiger partial charge in [-0.3, -0.25) is 4.79 Å². The summed E-state index contributed by atoms with van der Waals surface area (Å²) in [7, 11) is 0. The molecule has 0 aliphatic rings. The maximum absolute atomic E-state index is 12.1. The molecule has 0 fully saturated rings. The number of thioether (sulfide) groups is 1. The SMILES string of the molecule is CCSC(=O)c1c(Cl)nnn1[C@H](C)c1ccccc1. The van der Waals surface area contributed by atoms with E-state index in [0.717, 1.165) is 5.56 Å². The molecule has 2 aromatic rings. The minimum Gasteiger partial charge on any atom is -0.280 e. The Morgan fingerprint density at radius 3 is 2.74 bits per heavy atom. The molecule has 0 spiro atoms. The number of carbonyl (C=O) groups is 1. The van der Waals surface area contributed by atoms with Gasteiger partial charge >= 0.3 is 0 Å². The molecule has 0 unspecified atom stereocenters. The third kappa shape index (κ3) is 2.98. The second kappa shape index (κ2) is 6.21. The molecule has 1 heterocycles. The average Bonchev–Trinajstić information content (AvgIpc) is 2.81. The fourth-order valence-corrected chi connectivity index (χ4v) is 2.65. The lowest BCUT2D eigenvalue weighted by molar-refractivity contribution is 0.107. The van der Waals surface area contributed by atoms with Crippen LogP contribution < -0.4 is 0 Å². The summed E-state index contributed by atoms with van der Waals surface area (Å²) in [5.74, 6) is 0.695. The largest absolute Gasteiger partial charge is 0.280 e. The van der Waals surface area contributed by atoms with Crippen LogP contribution in [0.25, 0.3) is 0 Å². The van der Waals surface area contributed by atoms with E-state index in [0.29, 0.717) is 11.4 Å². The van der Waals surface area contributed by atoms with Gasteiger partial charge in [-0.15, -0.1) is 5.10 Å². The number of carbonyl (C=O) groups excluding carboxylic acids is 1. The first-order valence-electron chi connectivity index (χ1n) is 5.98. The summed E-state index contributed by atoms with van der Waals surface area (Å²) < 4.78 is 1.59. The van der Waals surface area contributed by atoms with Gasteiger partial charge in [-0.2, -0.15) is 0 Å². The van der Waals surface area contributed by atoms with Gasteiger partial charge in [0.2, 0.25) is 5.12 Å². The van der Waals surface area contributed by atoms with Gasteiger partial charge in [-0.25, -0.2) is 4.68 Å². The molecule has 19 heavy (non-hydrogen) atoms. The summed E-state index contributed by atoms with van der Waals surface area (Å²) >= 11 is 7.18. The Hall–Kier alpha value is -1.33. The molecule has 0 saturated heterocycles. The predicted octanol–water partition coefficient (Wildman–Crippen LogP) is 3.43. The van der Waals surface area contributed by atoms with Crippen molar-refractivity contribution < 1.29 is 4.79 Å². The lowest BCUT2D eigenvalue weighted by Gasteiger charge is -2.14. The number of hydrogen-bond acceptors (Lipinski definition) is 4. The van der Waals surface area contributed by atoms with E-state index in [1.54, 1.807) is 4.68 Å². The monoisotopic (exact) mass is 295 g/mol. The zero-order chi connectivity index (χ0) is 13.8. The topological polar surface area (TPSA) is 47.8 Å². The molecule has 1 aromatic heterocycles. The van der Waals surface area contributed by atoms with Crippen LogP contribution in [-0.2, 0) is 0 Å². The Bertz CT molecular complexity index is 571. The second-order valence-corrected chi connectivity index (χ2v) is 5.58. The maximum Gasteiger partial charge on any atom is 0.240 e. The van der Waals surface area contributed by atoms with Gasteiger partial charge in [0.1, 0.15) is 0 Å². The van der Waals surface area contributed by atoms with Crippen LogP contribution in [0.1, 0.15) is 35.9 Å². The molecule has 0 bridgehead atoms. The fourth-order valence-electron chi connectivity index (χ4n) is 1.80. The Morgan fingerprint density at radius 1 is 1.42 bits per heavy atom. The first-order chi connectivity index (χ1) is 9.15. The Labute approximate surface area is 121 Å². The van der Waals surface area contributed by atoms with Crippen LogP contribution in [0, 0.1) is 0 Å². The van der Waals surface area contributed by atoms with Gasteiger partial charge in [-0.05, 0) is 18.2 Å². The quantitative estimate of drug-likeness (QED) is 0.867. The zero-order valence-corrected chi connectivity index (χ0v) is 12.3. The number of aromatic nitrogens is 3. The minimum absolute atomic E-state index is 0.0855. The van der Waals surface area contributed by atoms with Gasteiger partial charge in [0, 0.05) is 0 Å². The van der Waals surface area contributed by atoms with Gasteiger partial charge < -0.3 is 0 Å². The van der Waals surface area contributed by atoms with Crippen LogP contribution in [0.5, 0.6) is 0 Å². The Balaban J connectivity index is 2.38. The highest BCUT2D eigenvalue weighted by Crippen LogP contribution is 2.25. The number of rotatable bonds is 4. The van der Waals surface area contributed by atoms with Crippen molar-refractivity contribution in [3.05, 3.63) is 46.7 Å². The van der Waals surface area contributed by atoms with E-state index in [1.807, 2.05) is 44.2 Å². The zero-order valence-electron chi connectivity index (χ0n) is 10.7. The van der Waals surface area contributed by atoms with Crippen LogP contribution in [0.4, 0.5) is 0 Å². The summed E-state index contributed by atoms with van der Waals surface area (Å²) in [6, 6.07) is 9.74. The Morgan fingerprint density at radius 2 is 2.11 bits per heavy atom. The molecule has 100 valence electrons. The molecule has 1 atom stereocenters. The van der Waals surface area contributed by atoms with Crippen LogP contribution in [-0.4, -0.2) is 25.9 Å². The number of hydrogen-bond donors (Lipinski definition) is 0. The molecule has 0 N–H and O–H groups in total. The molecule has 0 radical (unpaired) electrons. The average molecular weight is 296 g/mol.